The van der Waals surface area contributed by atoms with Gasteiger partial charge in [0.1, 0.15) is 11.0 Å². The number of hydrogen-bond acceptors (Lipinski definition) is 4. The van der Waals surface area contributed by atoms with Gasteiger partial charge in [-0.3, -0.25) is 5.41 Å². The first-order valence-electron chi connectivity index (χ1n) is 1.69. The second kappa shape index (κ2) is 1.79. The van der Waals surface area contributed by atoms with Crippen LogP contribution in [-0.4, -0.2) is 16.0 Å². The Labute approximate surface area is 50.7 Å². The van der Waals surface area contributed by atoms with Crippen molar-refractivity contribution in [3.05, 3.63) is 0 Å². The van der Waals surface area contributed by atoms with Crippen LogP contribution in [0.3, 0.4) is 0 Å². The Morgan fingerprint density at radius 3 is 2.71 bits per heavy atom. The highest BCUT2D eigenvalue weighted by atomic mass is 32.2. The topological polar surface area (TPSA) is 33.1 Å². The highest BCUT2D eigenvalue weighted by Gasteiger charge is 2.13. The molecule has 1 aliphatic rings. The van der Waals surface area contributed by atoms with Crippen molar-refractivity contribution in [2.24, 2.45) is 0 Å². The molecule has 0 spiro atoms. The Bertz CT molecular complexity index is 108. The molecule has 0 saturated carbocycles. The summed E-state index contributed by atoms with van der Waals surface area (Å²) in [5, 5.41) is 7.67. The normalized spacial score (nSPS) is 20.0. The average molecular weight is 133 g/mol. The van der Waals surface area contributed by atoms with Crippen LogP contribution in [0.2, 0.25) is 0 Å². The predicted octanol–water partition coefficient (Wildman–Crippen LogP) is 1.01. The molecule has 0 unspecified atom stereocenters. The second-order valence-electron chi connectivity index (χ2n) is 1.02. The van der Waals surface area contributed by atoms with Gasteiger partial charge in [-0.1, -0.05) is 11.8 Å². The summed E-state index contributed by atoms with van der Waals surface area (Å²) < 4.78 is 4.73. The molecule has 1 aliphatic heterocycles. The maximum Gasteiger partial charge on any atom is 0.217 e. The van der Waals surface area contributed by atoms with E-state index in [0.717, 1.165) is 0 Å². The van der Waals surface area contributed by atoms with E-state index < -0.39 is 0 Å². The Morgan fingerprint density at radius 1 is 1.86 bits per heavy atom. The summed E-state index contributed by atoms with van der Waals surface area (Å²) in [6, 6.07) is 0. The van der Waals surface area contributed by atoms with Gasteiger partial charge in [0.05, 0.1) is 0 Å². The first-order chi connectivity index (χ1) is 3.30. The van der Waals surface area contributed by atoms with Crippen molar-refractivity contribution in [2.45, 2.75) is 0 Å². The van der Waals surface area contributed by atoms with E-state index in [2.05, 4.69) is 12.2 Å². The van der Waals surface area contributed by atoms with Crippen LogP contribution in [-0.2, 0) is 4.74 Å². The van der Waals surface area contributed by atoms with E-state index in [1.165, 1.54) is 11.8 Å². The van der Waals surface area contributed by atoms with Gasteiger partial charge in [0, 0.05) is 0 Å². The van der Waals surface area contributed by atoms with E-state index in [9.17, 15) is 0 Å². The van der Waals surface area contributed by atoms with Crippen molar-refractivity contribution in [1.29, 1.82) is 5.41 Å². The number of nitrogens with one attached hydrogen (secondary N) is 1. The summed E-state index contributed by atoms with van der Waals surface area (Å²) in [5.74, 6) is 0.525. The van der Waals surface area contributed by atoms with Gasteiger partial charge in [0.25, 0.3) is 0 Å². The molecule has 1 rings (SSSR count). The molecule has 0 atom stereocenters. The number of rotatable bonds is 0. The number of thioether (sulfide) groups is 1. The third-order valence-electron chi connectivity index (χ3n) is 0.579. The SMILES string of the molecule is N=C1SCOC1=S. The molecule has 0 aromatic rings. The lowest BCUT2D eigenvalue weighted by Crippen LogP contribution is -1.97. The van der Waals surface area contributed by atoms with Crippen LogP contribution in [0.1, 0.15) is 0 Å². The molecule has 1 heterocycles. The fourth-order valence-corrected chi connectivity index (χ4v) is 1.05. The monoisotopic (exact) mass is 133 g/mol. The smallest absolute Gasteiger partial charge is 0.217 e. The van der Waals surface area contributed by atoms with Gasteiger partial charge >= 0.3 is 0 Å². The van der Waals surface area contributed by atoms with Gasteiger partial charge in [-0.25, -0.2) is 0 Å². The minimum atomic E-state index is 0.338. The van der Waals surface area contributed by atoms with Crippen molar-refractivity contribution in [2.75, 3.05) is 5.94 Å². The Morgan fingerprint density at radius 2 is 2.57 bits per heavy atom. The molecule has 0 aliphatic carbocycles. The second-order valence-corrected chi connectivity index (χ2v) is 2.33. The molecule has 1 saturated heterocycles. The van der Waals surface area contributed by atoms with Gasteiger partial charge in [-0.15, -0.1) is 0 Å². The van der Waals surface area contributed by atoms with E-state index in [1.807, 2.05) is 0 Å². The lowest BCUT2D eigenvalue weighted by Gasteiger charge is -1.83. The molecule has 0 radical (unpaired) electrons. The Kier molecular flexibility index (Phi) is 1.30. The van der Waals surface area contributed by atoms with Crippen LogP contribution in [0.15, 0.2) is 0 Å². The van der Waals surface area contributed by atoms with Crippen LogP contribution < -0.4 is 0 Å². The van der Waals surface area contributed by atoms with Crippen LogP contribution in [0, 0.1) is 5.41 Å². The molecule has 0 aromatic carbocycles. The summed E-state index contributed by atoms with van der Waals surface area (Å²) in [5.41, 5.74) is 0. The zero-order valence-electron chi connectivity index (χ0n) is 3.43. The van der Waals surface area contributed by atoms with Crippen molar-refractivity contribution in [3.8, 4) is 0 Å². The Hall–Kier alpha value is -0.0900. The Balaban J connectivity index is 2.65. The van der Waals surface area contributed by atoms with E-state index in [0.29, 0.717) is 16.0 Å². The molecule has 7 heavy (non-hydrogen) atoms. The fourth-order valence-electron chi connectivity index (χ4n) is 0.266. The molecule has 38 valence electrons. The highest BCUT2D eigenvalue weighted by Crippen LogP contribution is 2.13. The van der Waals surface area contributed by atoms with E-state index >= 15 is 0 Å². The third-order valence-corrected chi connectivity index (χ3v) is 1.74. The van der Waals surface area contributed by atoms with Gasteiger partial charge in [0.2, 0.25) is 5.05 Å². The maximum atomic E-state index is 6.95. The molecule has 1 fully saturated rings. The van der Waals surface area contributed by atoms with Crippen LogP contribution in [0.25, 0.3) is 0 Å². The molecule has 2 nitrogen and oxygen atoms in total. The van der Waals surface area contributed by atoms with Crippen molar-refractivity contribution >= 4 is 34.1 Å². The van der Waals surface area contributed by atoms with Gasteiger partial charge in [-0.05, 0) is 12.2 Å². The molecule has 0 amide bonds. The van der Waals surface area contributed by atoms with E-state index in [-0.39, 0.29) is 0 Å². The fraction of sp³-hybridized carbons (Fsp3) is 0.333. The molecular formula is C3H3NOS2. The number of hydrogen-bond donors (Lipinski definition) is 1. The predicted molar refractivity (Wildman–Crippen MR) is 33.9 cm³/mol. The van der Waals surface area contributed by atoms with E-state index in [1.54, 1.807) is 0 Å². The minimum Gasteiger partial charge on any atom is -0.470 e. The molecule has 4 heteroatoms. The van der Waals surface area contributed by atoms with E-state index in [4.69, 9.17) is 10.1 Å². The summed E-state index contributed by atoms with van der Waals surface area (Å²) >= 11 is 5.90. The van der Waals surface area contributed by atoms with Crippen molar-refractivity contribution < 1.29 is 4.74 Å². The largest absolute Gasteiger partial charge is 0.470 e. The summed E-state index contributed by atoms with van der Waals surface area (Å²) in [7, 11) is 0. The van der Waals surface area contributed by atoms with Crippen LogP contribution >= 0.6 is 24.0 Å². The molecule has 1 N–H and O–H groups in total. The lowest BCUT2D eigenvalue weighted by molar-refractivity contribution is 0.405. The van der Waals surface area contributed by atoms with Gasteiger partial charge < -0.3 is 4.74 Å². The van der Waals surface area contributed by atoms with Crippen molar-refractivity contribution in [1.82, 2.24) is 0 Å². The zero-order valence-corrected chi connectivity index (χ0v) is 5.06. The number of ether oxygens (including phenoxy) is 1. The lowest BCUT2D eigenvalue weighted by atomic mass is 10.8. The molecule has 0 aromatic heterocycles. The standard InChI is InChI=1S/C3H3NOS2/c4-2-3(6)5-1-7-2/h4H,1H2. The van der Waals surface area contributed by atoms with Crippen molar-refractivity contribution in [3.63, 3.8) is 0 Å². The van der Waals surface area contributed by atoms with Crippen LogP contribution in [0.4, 0.5) is 0 Å². The minimum absolute atomic E-state index is 0.338. The third kappa shape index (κ3) is 0.920. The quantitative estimate of drug-likeness (QED) is 0.501. The van der Waals surface area contributed by atoms with Crippen LogP contribution in [0.5, 0.6) is 0 Å². The zero-order chi connectivity index (χ0) is 5.28. The molecule has 0 bridgehead atoms. The summed E-state index contributed by atoms with van der Waals surface area (Å²) in [6.45, 7) is 0. The average Bonchev–Trinajstić information content (AvgIpc) is 1.91. The van der Waals surface area contributed by atoms with Gasteiger partial charge in [0.15, 0.2) is 0 Å². The first kappa shape index (κ1) is 5.05. The summed E-state index contributed by atoms with van der Waals surface area (Å²) in [4.78, 5) is 0. The maximum absolute atomic E-state index is 6.95. The number of thiocarbonyl (C=S) groups is 1. The first-order valence-corrected chi connectivity index (χ1v) is 3.08. The summed E-state index contributed by atoms with van der Waals surface area (Å²) in [6.07, 6.45) is 0. The molecular weight excluding hydrogens is 130 g/mol. The van der Waals surface area contributed by atoms with Gasteiger partial charge in [-0.2, -0.15) is 0 Å². The highest BCUT2D eigenvalue weighted by molar-refractivity contribution is 8.17.